The van der Waals surface area contributed by atoms with E-state index in [-0.39, 0.29) is 6.42 Å². The van der Waals surface area contributed by atoms with Crippen molar-refractivity contribution in [3.63, 3.8) is 0 Å². The predicted octanol–water partition coefficient (Wildman–Crippen LogP) is 2.37. The van der Waals surface area contributed by atoms with E-state index in [1.165, 1.54) is 0 Å². The number of carbonyl (C=O) groups excluding carboxylic acids is 2. The van der Waals surface area contributed by atoms with Gasteiger partial charge in [-0.2, -0.15) is 13.2 Å². The number of nitrogens with one attached hydrogen (secondary N) is 2. The number of sulfonamides is 1. The largest absolute Gasteiger partial charge is 0.417 e. The van der Waals surface area contributed by atoms with E-state index < -0.39 is 56.1 Å². The van der Waals surface area contributed by atoms with Gasteiger partial charge in [0, 0.05) is 13.0 Å². The summed E-state index contributed by atoms with van der Waals surface area (Å²) in [7, 11) is -4.33. The normalized spacial score (nSPS) is 12.9. The summed E-state index contributed by atoms with van der Waals surface area (Å²) < 4.78 is 65.2. The van der Waals surface area contributed by atoms with E-state index in [0.717, 1.165) is 12.1 Å². The number of primary amides is 1. The number of amides is 2. The Hall–Kier alpha value is -2.63. The summed E-state index contributed by atoms with van der Waals surface area (Å²) in [5.41, 5.74) is 4.43. The molecule has 2 aromatic rings. The summed E-state index contributed by atoms with van der Waals surface area (Å²) in [5, 5.41) is 1.74. The number of hydrogen-bond acceptors (Lipinski definition) is 4. The van der Waals surface area contributed by atoms with Gasteiger partial charge in [0.25, 0.3) is 0 Å². The molecule has 1 unspecified atom stereocenters. The Labute approximate surface area is 175 Å². The molecule has 0 aliphatic carbocycles. The second-order valence-corrected chi connectivity index (χ2v) is 8.27. The van der Waals surface area contributed by atoms with Crippen LogP contribution in [0.2, 0.25) is 5.02 Å². The van der Waals surface area contributed by atoms with Gasteiger partial charge >= 0.3 is 6.18 Å². The molecule has 0 heterocycles. The molecular formula is C18H17ClF3N3O4S. The van der Waals surface area contributed by atoms with Crippen LogP contribution in [0.15, 0.2) is 53.4 Å². The Morgan fingerprint density at radius 3 is 2.30 bits per heavy atom. The van der Waals surface area contributed by atoms with Crippen LogP contribution in [0, 0.1) is 0 Å². The van der Waals surface area contributed by atoms with Crippen LogP contribution in [0.1, 0.15) is 23.6 Å². The molecule has 1 atom stereocenters. The van der Waals surface area contributed by atoms with Crippen molar-refractivity contribution in [2.24, 2.45) is 5.73 Å². The average molecular weight is 464 g/mol. The maximum atomic E-state index is 12.9. The van der Waals surface area contributed by atoms with Gasteiger partial charge in [-0.05, 0) is 23.8 Å². The zero-order chi connectivity index (χ0) is 22.5. The lowest BCUT2D eigenvalue weighted by Gasteiger charge is -2.16. The molecular weight excluding hydrogens is 447 g/mol. The molecule has 2 rings (SSSR count). The second kappa shape index (κ2) is 9.45. The molecule has 0 radical (unpaired) electrons. The highest BCUT2D eigenvalue weighted by atomic mass is 35.5. The van der Waals surface area contributed by atoms with Gasteiger partial charge < -0.3 is 11.1 Å². The quantitative estimate of drug-likeness (QED) is 0.557. The minimum absolute atomic E-state index is 0.379. The van der Waals surface area contributed by atoms with E-state index in [2.05, 4.69) is 5.32 Å². The first kappa shape index (κ1) is 23.6. The molecule has 0 fully saturated rings. The minimum Gasteiger partial charge on any atom is -0.368 e. The zero-order valence-electron chi connectivity index (χ0n) is 15.2. The smallest absolute Gasteiger partial charge is 0.368 e. The maximum Gasteiger partial charge on any atom is 0.417 e. The van der Waals surface area contributed by atoms with Crippen LogP contribution in [0.3, 0.4) is 0 Å². The monoisotopic (exact) mass is 463 g/mol. The van der Waals surface area contributed by atoms with Crippen LogP contribution < -0.4 is 15.8 Å². The number of rotatable bonds is 8. The van der Waals surface area contributed by atoms with Gasteiger partial charge in [0.15, 0.2) is 0 Å². The SMILES string of the molecule is NC(=O)C(NC(=O)CCNS(=O)(=O)c1ccc(Cl)c(C(F)(F)F)c1)c1ccccc1. The minimum atomic E-state index is -4.83. The molecule has 0 aliphatic rings. The van der Waals surface area contributed by atoms with Crippen molar-refractivity contribution in [1.29, 1.82) is 0 Å². The van der Waals surface area contributed by atoms with Gasteiger partial charge in [0.1, 0.15) is 6.04 Å². The van der Waals surface area contributed by atoms with Crippen LogP contribution in [-0.2, 0) is 25.8 Å². The third-order valence-electron chi connectivity index (χ3n) is 3.92. The van der Waals surface area contributed by atoms with E-state index >= 15 is 0 Å². The van der Waals surface area contributed by atoms with Crippen molar-refractivity contribution in [2.45, 2.75) is 23.5 Å². The predicted molar refractivity (Wildman–Crippen MR) is 103 cm³/mol. The number of halogens is 4. The van der Waals surface area contributed by atoms with Crippen LogP contribution in [0.25, 0.3) is 0 Å². The van der Waals surface area contributed by atoms with Crippen molar-refractivity contribution < 1.29 is 31.2 Å². The Morgan fingerprint density at radius 2 is 1.73 bits per heavy atom. The summed E-state index contributed by atoms with van der Waals surface area (Å²) in [5.74, 6) is -1.49. The van der Waals surface area contributed by atoms with Crippen molar-refractivity contribution >= 4 is 33.4 Å². The molecule has 0 spiro atoms. The van der Waals surface area contributed by atoms with Crippen molar-refractivity contribution in [3.05, 3.63) is 64.7 Å². The molecule has 12 heteroatoms. The van der Waals surface area contributed by atoms with Gasteiger partial charge in [-0.1, -0.05) is 41.9 Å². The molecule has 2 aromatic carbocycles. The first-order valence-corrected chi connectivity index (χ1v) is 10.3. The van der Waals surface area contributed by atoms with Crippen LogP contribution in [0.5, 0.6) is 0 Å². The average Bonchev–Trinajstić information content (AvgIpc) is 2.65. The molecule has 0 bridgehead atoms. The first-order valence-electron chi connectivity index (χ1n) is 8.42. The lowest BCUT2D eigenvalue weighted by molar-refractivity contribution is -0.137. The summed E-state index contributed by atoms with van der Waals surface area (Å²) in [6.45, 7) is -0.418. The number of nitrogens with two attached hydrogens (primary N) is 1. The zero-order valence-corrected chi connectivity index (χ0v) is 16.8. The molecule has 0 aromatic heterocycles. The summed E-state index contributed by atoms with van der Waals surface area (Å²) in [6, 6.07) is 9.19. The fourth-order valence-corrected chi connectivity index (χ4v) is 3.75. The molecule has 2 amide bonds. The molecule has 30 heavy (non-hydrogen) atoms. The number of alkyl halides is 3. The van der Waals surface area contributed by atoms with Crippen molar-refractivity contribution in [2.75, 3.05) is 6.54 Å². The van der Waals surface area contributed by atoms with E-state index in [1.807, 2.05) is 4.72 Å². The highest BCUT2D eigenvalue weighted by molar-refractivity contribution is 7.89. The van der Waals surface area contributed by atoms with Crippen LogP contribution in [-0.4, -0.2) is 26.8 Å². The Bertz CT molecular complexity index is 1030. The number of benzene rings is 2. The van der Waals surface area contributed by atoms with Crippen molar-refractivity contribution in [3.8, 4) is 0 Å². The Kier molecular flexibility index (Phi) is 7.45. The van der Waals surface area contributed by atoms with Gasteiger partial charge in [0.05, 0.1) is 15.5 Å². The standard InChI is InChI=1S/C18H17ClF3N3O4S/c19-14-7-6-12(10-13(14)18(20,21)22)30(28,29)24-9-8-15(26)25-16(17(23)27)11-4-2-1-3-5-11/h1-7,10,16,24H,8-9H2,(H2,23,27)(H,25,26). The van der Waals surface area contributed by atoms with E-state index in [1.54, 1.807) is 30.3 Å². The van der Waals surface area contributed by atoms with Gasteiger partial charge in [0.2, 0.25) is 21.8 Å². The number of hydrogen-bond donors (Lipinski definition) is 3. The molecule has 162 valence electrons. The Morgan fingerprint density at radius 1 is 1.10 bits per heavy atom. The lowest BCUT2D eigenvalue weighted by Crippen LogP contribution is -2.39. The second-order valence-electron chi connectivity index (χ2n) is 6.10. The summed E-state index contributed by atoms with van der Waals surface area (Å²) >= 11 is 5.48. The highest BCUT2D eigenvalue weighted by Gasteiger charge is 2.34. The van der Waals surface area contributed by atoms with Crippen LogP contribution in [0.4, 0.5) is 13.2 Å². The fourth-order valence-electron chi connectivity index (χ4n) is 2.47. The first-order chi connectivity index (χ1) is 13.9. The molecule has 0 saturated heterocycles. The lowest BCUT2D eigenvalue weighted by atomic mass is 10.1. The third kappa shape index (κ3) is 6.18. The molecule has 4 N–H and O–H groups in total. The summed E-state index contributed by atoms with van der Waals surface area (Å²) in [4.78, 5) is 23.0. The highest BCUT2D eigenvalue weighted by Crippen LogP contribution is 2.35. The van der Waals surface area contributed by atoms with E-state index in [4.69, 9.17) is 17.3 Å². The fraction of sp³-hybridized carbons (Fsp3) is 0.222. The topological polar surface area (TPSA) is 118 Å². The third-order valence-corrected chi connectivity index (χ3v) is 5.71. The molecule has 0 aliphatic heterocycles. The molecule has 0 saturated carbocycles. The Balaban J connectivity index is 2.02. The summed E-state index contributed by atoms with van der Waals surface area (Å²) in [6.07, 6.45) is -5.21. The molecule has 7 nitrogen and oxygen atoms in total. The van der Waals surface area contributed by atoms with E-state index in [9.17, 15) is 31.2 Å². The maximum absolute atomic E-state index is 12.9. The number of carbonyl (C=O) groups is 2. The van der Waals surface area contributed by atoms with Gasteiger partial charge in [-0.3, -0.25) is 9.59 Å². The van der Waals surface area contributed by atoms with Gasteiger partial charge in [-0.25, -0.2) is 13.1 Å². The van der Waals surface area contributed by atoms with Crippen LogP contribution >= 0.6 is 11.6 Å². The van der Waals surface area contributed by atoms with Crippen molar-refractivity contribution in [1.82, 2.24) is 10.0 Å². The van der Waals surface area contributed by atoms with E-state index in [0.29, 0.717) is 11.6 Å². The van der Waals surface area contributed by atoms with Gasteiger partial charge in [-0.15, -0.1) is 0 Å².